The van der Waals surface area contributed by atoms with Crippen molar-refractivity contribution in [2.45, 2.75) is 65.0 Å². The summed E-state index contributed by atoms with van der Waals surface area (Å²) in [7, 11) is 2.17. The number of rotatable bonds is 4. The number of carbonyl (C=O) groups is 1. The van der Waals surface area contributed by atoms with Crippen molar-refractivity contribution in [3.63, 3.8) is 0 Å². The number of hydrogen-bond donors (Lipinski definition) is 0. The Morgan fingerprint density at radius 2 is 2.14 bits per heavy atom. The van der Waals surface area contributed by atoms with Crippen LogP contribution in [0.4, 0.5) is 0 Å². The van der Waals surface area contributed by atoms with Gasteiger partial charge in [-0.2, -0.15) is 5.10 Å². The van der Waals surface area contributed by atoms with E-state index in [9.17, 15) is 4.79 Å². The molecule has 0 unspecified atom stereocenters. The minimum absolute atomic E-state index is 0.0551. The van der Waals surface area contributed by atoms with Crippen LogP contribution in [0, 0.1) is 13.8 Å². The average Bonchev–Trinajstić information content (AvgIpc) is 3.05. The predicted octanol–water partition coefficient (Wildman–Crippen LogP) is 2.64. The lowest BCUT2D eigenvalue weighted by atomic mass is 9.97. The topological polar surface area (TPSA) is 67.2 Å². The molecule has 7 nitrogen and oxygen atoms in total. The fourth-order valence-corrected chi connectivity index (χ4v) is 4.68. The summed E-state index contributed by atoms with van der Waals surface area (Å²) >= 11 is 0. The standard InChI is InChI=1S/C22H32N6O/c1-15-10-16(2)28(25-15)17(3)11-21(29)27-9-7-20-19(14-27)12-23-22(24-20)18-6-5-8-26(4)13-18/h10,12,17-18H,5-9,11,13-14H2,1-4H3/t17-,18+/m0/s1. The molecular weight excluding hydrogens is 364 g/mol. The monoisotopic (exact) mass is 396 g/mol. The van der Waals surface area contributed by atoms with Gasteiger partial charge in [0.1, 0.15) is 5.82 Å². The van der Waals surface area contributed by atoms with Crippen molar-refractivity contribution in [3.05, 3.63) is 40.7 Å². The highest BCUT2D eigenvalue weighted by molar-refractivity contribution is 5.76. The van der Waals surface area contributed by atoms with Gasteiger partial charge >= 0.3 is 0 Å². The molecule has 2 atom stereocenters. The van der Waals surface area contributed by atoms with Crippen LogP contribution in [0.2, 0.25) is 0 Å². The van der Waals surface area contributed by atoms with E-state index in [0.717, 1.165) is 60.9 Å². The van der Waals surface area contributed by atoms with Gasteiger partial charge in [-0.25, -0.2) is 9.97 Å². The molecule has 1 saturated heterocycles. The molecule has 7 heteroatoms. The molecule has 156 valence electrons. The Morgan fingerprint density at radius 1 is 1.31 bits per heavy atom. The fourth-order valence-electron chi connectivity index (χ4n) is 4.68. The van der Waals surface area contributed by atoms with Crippen LogP contribution in [0.25, 0.3) is 0 Å². The SMILES string of the molecule is Cc1cc(C)n([C@@H](C)CC(=O)N2CCc3nc([C@@H]4CCCN(C)C4)ncc3C2)n1. The number of piperidine rings is 1. The first-order valence-corrected chi connectivity index (χ1v) is 10.7. The molecular formula is C22H32N6O. The molecule has 1 amide bonds. The lowest BCUT2D eigenvalue weighted by Gasteiger charge is -2.31. The molecule has 0 spiro atoms. The van der Waals surface area contributed by atoms with Crippen molar-refractivity contribution in [3.8, 4) is 0 Å². The maximum absolute atomic E-state index is 12.9. The van der Waals surface area contributed by atoms with Gasteiger partial charge < -0.3 is 9.80 Å². The van der Waals surface area contributed by atoms with Gasteiger partial charge in [-0.05, 0) is 53.3 Å². The van der Waals surface area contributed by atoms with E-state index in [4.69, 9.17) is 4.98 Å². The molecule has 0 saturated carbocycles. The second-order valence-electron chi connectivity index (χ2n) is 8.79. The Morgan fingerprint density at radius 3 is 2.86 bits per heavy atom. The Hall–Kier alpha value is -2.28. The summed E-state index contributed by atoms with van der Waals surface area (Å²) < 4.78 is 1.96. The molecule has 0 N–H and O–H groups in total. The average molecular weight is 397 g/mol. The van der Waals surface area contributed by atoms with Crippen molar-refractivity contribution < 1.29 is 4.79 Å². The summed E-state index contributed by atoms with van der Waals surface area (Å²) in [4.78, 5) is 26.8. The number of hydrogen-bond acceptors (Lipinski definition) is 5. The van der Waals surface area contributed by atoms with Gasteiger partial charge in [-0.15, -0.1) is 0 Å². The third kappa shape index (κ3) is 4.34. The summed E-state index contributed by atoms with van der Waals surface area (Å²) in [5.74, 6) is 1.59. The molecule has 2 aliphatic heterocycles. The molecule has 4 heterocycles. The fraction of sp³-hybridized carbons (Fsp3) is 0.636. The quantitative estimate of drug-likeness (QED) is 0.795. The Kier molecular flexibility index (Phi) is 5.67. The zero-order chi connectivity index (χ0) is 20.5. The minimum atomic E-state index is 0.0551. The Labute approximate surface area is 173 Å². The van der Waals surface area contributed by atoms with Crippen molar-refractivity contribution in [2.75, 3.05) is 26.7 Å². The van der Waals surface area contributed by atoms with Gasteiger partial charge in [-0.3, -0.25) is 9.48 Å². The van der Waals surface area contributed by atoms with E-state index in [1.165, 1.54) is 6.42 Å². The Balaban J connectivity index is 1.40. The number of aromatic nitrogens is 4. The van der Waals surface area contributed by atoms with E-state index < -0.39 is 0 Å². The first kappa shape index (κ1) is 20.0. The third-order valence-electron chi connectivity index (χ3n) is 6.23. The third-order valence-corrected chi connectivity index (χ3v) is 6.23. The molecule has 1 fully saturated rings. The summed E-state index contributed by atoms with van der Waals surface area (Å²) in [5, 5.41) is 4.53. The summed E-state index contributed by atoms with van der Waals surface area (Å²) in [5.41, 5.74) is 4.31. The number of nitrogens with zero attached hydrogens (tertiary/aromatic N) is 6. The van der Waals surface area contributed by atoms with E-state index in [0.29, 0.717) is 18.9 Å². The smallest absolute Gasteiger partial charge is 0.225 e. The number of likely N-dealkylation sites (tertiary alicyclic amines) is 1. The van der Waals surface area contributed by atoms with Gasteiger partial charge in [0, 0.05) is 55.8 Å². The lowest BCUT2D eigenvalue weighted by molar-refractivity contribution is -0.133. The first-order chi connectivity index (χ1) is 13.9. The minimum Gasteiger partial charge on any atom is -0.338 e. The van der Waals surface area contributed by atoms with Crippen LogP contribution in [0.3, 0.4) is 0 Å². The molecule has 29 heavy (non-hydrogen) atoms. The van der Waals surface area contributed by atoms with Crippen molar-refractivity contribution in [1.29, 1.82) is 0 Å². The van der Waals surface area contributed by atoms with E-state index in [1.807, 2.05) is 29.6 Å². The van der Waals surface area contributed by atoms with E-state index >= 15 is 0 Å². The maximum Gasteiger partial charge on any atom is 0.225 e. The second-order valence-corrected chi connectivity index (χ2v) is 8.79. The van der Waals surface area contributed by atoms with Gasteiger partial charge in [0.25, 0.3) is 0 Å². The van der Waals surface area contributed by atoms with Gasteiger partial charge in [0.2, 0.25) is 5.91 Å². The maximum atomic E-state index is 12.9. The van der Waals surface area contributed by atoms with Crippen LogP contribution in [-0.2, 0) is 17.8 Å². The largest absolute Gasteiger partial charge is 0.338 e. The molecule has 2 aliphatic rings. The Bertz CT molecular complexity index is 891. The highest BCUT2D eigenvalue weighted by Crippen LogP contribution is 2.26. The number of amides is 1. The zero-order valence-corrected chi connectivity index (χ0v) is 18.1. The van der Waals surface area contributed by atoms with Gasteiger partial charge in [0.15, 0.2) is 0 Å². The van der Waals surface area contributed by atoms with E-state index in [2.05, 4.69) is 35.0 Å². The van der Waals surface area contributed by atoms with Crippen LogP contribution in [0.1, 0.15) is 66.6 Å². The van der Waals surface area contributed by atoms with Crippen LogP contribution in [0.5, 0.6) is 0 Å². The van der Waals surface area contributed by atoms with Crippen LogP contribution in [-0.4, -0.2) is 62.1 Å². The molecule has 2 aromatic heterocycles. The molecule has 0 aliphatic carbocycles. The van der Waals surface area contributed by atoms with Crippen molar-refractivity contribution in [1.82, 2.24) is 29.5 Å². The lowest BCUT2D eigenvalue weighted by Crippen LogP contribution is -2.38. The highest BCUT2D eigenvalue weighted by Gasteiger charge is 2.27. The van der Waals surface area contributed by atoms with E-state index in [1.54, 1.807) is 0 Å². The second kappa shape index (κ2) is 8.22. The highest BCUT2D eigenvalue weighted by atomic mass is 16.2. The summed E-state index contributed by atoms with van der Waals surface area (Å²) in [6, 6.07) is 2.11. The number of aryl methyl sites for hydroxylation is 2. The van der Waals surface area contributed by atoms with Gasteiger partial charge in [0.05, 0.1) is 17.4 Å². The number of fused-ring (bicyclic) bond motifs is 1. The van der Waals surface area contributed by atoms with E-state index in [-0.39, 0.29) is 11.9 Å². The molecule has 0 bridgehead atoms. The van der Waals surface area contributed by atoms with Crippen LogP contribution in [0.15, 0.2) is 12.3 Å². The molecule has 4 rings (SSSR count). The molecule has 0 aromatic carbocycles. The number of carbonyl (C=O) groups excluding carboxylic acids is 1. The molecule has 2 aromatic rings. The van der Waals surface area contributed by atoms with Gasteiger partial charge in [-0.1, -0.05) is 0 Å². The van der Waals surface area contributed by atoms with Crippen LogP contribution >= 0.6 is 0 Å². The van der Waals surface area contributed by atoms with Crippen molar-refractivity contribution >= 4 is 5.91 Å². The predicted molar refractivity (Wildman–Crippen MR) is 112 cm³/mol. The summed E-state index contributed by atoms with van der Waals surface area (Å²) in [6.45, 7) is 9.63. The zero-order valence-electron chi connectivity index (χ0n) is 18.1. The normalized spacial score (nSPS) is 21.1. The van der Waals surface area contributed by atoms with Crippen LogP contribution < -0.4 is 0 Å². The first-order valence-electron chi connectivity index (χ1n) is 10.7. The summed E-state index contributed by atoms with van der Waals surface area (Å²) in [6.07, 6.45) is 5.60. The molecule has 0 radical (unpaired) electrons. The number of likely N-dealkylation sites (N-methyl/N-ethyl adjacent to an activating group) is 1. The van der Waals surface area contributed by atoms with Crippen molar-refractivity contribution in [2.24, 2.45) is 0 Å².